The molecule has 1 amide bonds. The Bertz CT molecular complexity index is 704. The predicted molar refractivity (Wildman–Crippen MR) is 94.0 cm³/mol. The molecule has 1 aromatic carbocycles. The highest BCUT2D eigenvalue weighted by Gasteiger charge is 2.20. The first kappa shape index (κ1) is 16.8. The lowest BCUT2D eigenvalue weighted by atomic mass is 10.1. The molecule has 1 fully saturated rings. The van der Waals surface area contributed by atoms with Gasteiger partial charge < -0.3 is 4.90 Å². The molecule has 0 bridgehead atoms. The molecule has 126 valence electrons. The molecule has 1 aliphatic rings. The minimum Gasteiger partial charge on any atom is -0.337 e. The van der Waals surface area contributed by atoms with Crippen molar-refractivity contribution in [2.45, 2.75) is 13.5 Å². The van der Waals surface area contributed by atoms with Crippen LogP contribution in [0.15, 0.2) is 41.2 Å². The quantitative estimate of drug-likeness (QED) is 0.799. The molecule has 0 radical (unpaired) electrons. The van der Waals surface area contributed by atoms with Gasteiger partial charge in [0.2, 0.25) is 5.91 Å². The Morgan fingerprint density at radius 1 is 1.25 bits per heavy atom. The predicted octanol–water partition coefficient (Wildman–Crippen LogP) is 3.03. The van der Waals surface area contributed by atoms with Crippen LogP contribution >= 0.6 is 11.3 Å². The summed E-state index contributed by atoms with van der Waals surface area (Å²) < 4.78 is 13.0. The summed E-state index contributed by atoms with van der Waals surface area (Å²) in [5, 5.41) is 2.06. The van der Waals surface area contributed by atoms with Crippen LogP contribution in [0.3, 0.4) is 0 Å². The highest BCUT2D eigenvalue weighted by molar-refractivity contribution is 7.07. The second kappa shape index (κ2) is 7.68. The van der Waals surface area contributed by atoms with E-state index >= 15 is 0 Å². The zero-order valence-corrected chi connectivity index (χ0v) is 14.4. The Hall–Kier alpha value is -2.05. The van der Waals surface area contributed by atoms with Crippen LogP contribution in [0.4, 0.5) is 4.39 Å². The number of amides is 1. The normalized spacial score (nSPS) is 16.4. The molecule has 0 N–H and O–H groups in total. The molecule has 0 spiro atoms. The monoisotopic (exact) mass is 345 g/mol. The molecule has 4 nitrogen and oxygen atoms in total. The van der Waals surface area contributed by atoms with Gasteiger partial charge in [-0.3, -0.25) is 9.69 Å². The third kappa shape index (κ3) is 4.27. The molecule has 1 saturated heterocycles. The van der Waals surface area contributed by atoms with E-state index < -0.39 is 0 Å². The number of carbonyl (C=O) groups is 1. The second-order valence-corrected chi connectivity index (χ2v) is 6.63. The Morgan fingerprint density at radius 3 is 2.58 bits per heavy atom. The van der Waals surface area contributed by atoms with Gasteiger partial charge in [-0.25, -0.2) is 9.37 Å². The Balaban J connectivity index is 1.54. The lowest BCUT2D eigenvalue weighted by Gasteiger charge is -2.33. The van der Waals surface area contributed by atoms with Crippen LogP contribution in [0.2, 0.25) is 0 Å². The number of hydrogen-bond donors (Lipinski definition) is 0. The number of allylic oxidation sites excluding steroid dienone is 1. The molecule has 0 aliphatic carbocycles. The zero-order chi connectivity index (χ0) is 16.9. The van der Waals surface area contributed by atoms with Crippen LogP contribution in [0, 0.1) is 5.82 Å². The standard InChI is InChI=1S/C18H20FN3OS/c1-14(15-2-4-16(19)5-3-15)10-18(23)22-8-6-21(7-9-22)11-17-12-24-13-20-17/h2-5,10,12-13H,6-9,11H2,1H3/b14-10+. The zero-order valence-electron chi connectivity index (χ0n) is 13.6. The molecule has 6 heteroatoms. The van der Waals surface area contributed by atoms with Gasteiger partial charge in [-0.15, -0.1) is 11.3 Å². The number of thiazole rings is 1. The summed E-state index contributed by atoms with van der Waals surface area (Å²) in [5.74, 6) is -0.251. The van der Waals surface area contributed by atoms with E-state index in [1.807, 2.05) is 17.3 Å². The summed E-state index contributed by atoms with van der Waals surface area (Å²) >= 11 is 1.61. The maximum absolute atomic E-state index is 13.0. The smallest absolute Gasteiger partial charge is 0.246 e. The van der Waals surface area contributed by atoms with Crippen molar-refractivity contribution in [3.8, 4) is 0 Å². The van der Waals surface area contributed by atoms with Gasteiger partial charge in [0.05, 0.1) is 11.2 Å². The van der Waals surface area contributed by atoms with Crippen LogP contribution in [0.1, 0.15) is 18.2 Å². The topological polar surface area (TPSA) is 36.4 Å². The number of rotatable bonds is 4. The molecule has 1 aromatic heterocycles. The first-order valence-corrected chi connectivity index (χ1v) is 8.88. The number of hydrogen-bond acceptors (Lipinski definition) is 4. The fourth-order valence-corrected chi connectivity index (χ4v) is 3.29. The summed E-state index contributed by atoms with van der Waals surface area (Å²) in [4.78, 5) is 20.9. The van der Waals surface area contributed by atoms with E-state index in [9.17, 15) is 9.18 Å². The van der Waals surface area contributed by atoms with Gasteiger partial charge in [-0.1, -0.05) is 12.1 Å². The largest absolute Gasteiger partial charge is 0.337 e. The lowest BCUT2D eigenvalue weighted by molar-refractivity contribution is -0.127. The van der Waals surface area contributed by atoms with Crippen molar-refractivity contribution in [2.24, 2.45) is 0 Å². The van der Waals surface area contributed by atoms with Crippen molar-refractivity contribution < 1.29 is 9.18 Å². The van der Waals surface area contributed by atoms with E-state index in [1.54, 1.807) is 29.5 Å². The van der Waals surface area contributed by atoms with Crippen molar-refractivity contribution in [2.75, 3.05) is 26.2 Å². The lowest BCUT2D eigenvalue weighted by Crippen LogP contribution is -2.47. The SMILES string of the molecule is C/C(=C\C(=O)N1CCN(Cc2cscn2)CC1)c1ccc(F)cc1. The van der Waals surface area contributed by atoms with Crippen molar-refractivity contribution in [1.82, 2.24) is 14.8 Å². The fraction of sp³-hybridized carbons (Fsp3) is 0.333. The van der Waals surface area contributed by atoms with Crippen molar-refractivity contribution in [3.05, 3.63) is 58.3 Å². The number of nitrogens with zero attached hydrogens (tertiary/aromatic N) is 3. The molecule has 2 heterocycles. The third-order valence-electron chi connectivity index (χ3n) is 4.19. The van der Waals surface area contributed by atoms with Gasteiger partial charge in [0, 0.05) is 44.2 Å². The number of halogens is 1. The van der Waals surface area contributed by atoms with Crippen LogP contribution in [0.25, 0.3) is 5.57 Å². The maximum Gasteiger partial charge on any atom is 0.246 e. The second-order valence-electron chi connectivity index (χ2n) is 5.92. The highest BCUT2D eigenvalue weighted by Crippen LogP contribution is 2.15. The Kier molecular flexibility index (Phi) is 5.37. The fourth-order valence-electron chi connectivity index (χ4n) is 2.74. The number of carbonyl (C=O) groups excluding carboxylic acids is 1. The van der Waals surface area contributed by atoms with Crippen molar-refractivity contribution in [1.29, 1.82) is 0 Å². The van der Waals surface area contributed by atoms with Crippen LogP contribution < -0.4 is 0 Å². The summed E-state index contributed by atoms with van der Waals surface area (Å²) in [6, 6.07) is 6.21. The van der Waals surface area contributed by atoms with E-state index in [1.165, 1.54) is 12.1 Å². The first-order valence-electron chi connectivity index (χ1n) is 7.94. The molecule has 3 rings (SSSR count). The first-order chi connectivity index (χ1) is 11.6. The van der Waals surface area contributed by atoms with Crippen LogP contribution in [-0.2, 0) is 11.3 Å². The van der Waals surface area contributed by atoms with Crippen molar-refractivity contribution in [3.63, 3.8) is 0 Å². The van der Waals surface area contributed by atoms with E-state index in [-0.39, 0.29) is 11.7 Å². The number of benzene rings is 1. The molecular weight excluding hydrogens is 325 g/mol. The Labute approximate surface area is 145 Å². The number of piperazine rings is 1. The average Bonchev–Trinajstić information content (AvgIpc) is 3.09. The van der Waals surface area contributed by atoms with Gasteiger partial charge in [-0.05, 0) is 30.2 Å². The minimum absolute atomic E-state index is 0.0186. The van der Waals surface area contributed by atoms with Gasteiger partial charge in [-0.2, -0.15) is 0 Å². The van der Waals surface area contributed by atoms with E-state index in [2.05, 4.69) is 15.3 Å². The van der Waals surface area contributed by atoms with Gasteiger partial charge >= 0.3 is 0 Å². The molecule has 0 unspecified atom stereocenters. The molecule has 0 atom stereocenters. The summed E-state index contributed by atoms with van der Waals surface area (Å²) in [7, 11) is 0. The molecule has 2 aromatic rings. The Morgan fingerprint density at radius 2 is 1.96 bits per heavy atom. The van der Waals surface area contributed by atoms with Gasteiger partial charge in [0.25, 0.3) is 0 Å². The molecule has 24 heavy (non-hydrogen) atoms. The van der Waals surface area contributed by atoms with Crippen molar-refractivity contribution >= 4 is 22.8 Å². The van der Waals surface area contributed by atoms with Crippen LogP contribution in [0.5, 0.6) is 0 Å². The maximum atomic E-state index is 13.0. The number of aromatic nitrogens is 1. The van der Waals surface area contributed by atoms with Crippen LogP contribution in [-0.4, -0.2) is 46.9 Å². The summed E-state index contributed by atoms with van der Waals surface area (Å²) in [6.45, 7) is 5.87. The summed E-state index contributed by atoms with van der Waals surface area (Å²) in [5.41, 5.74) is 4.65. The third-order valence-corrected chi connectivity index (χ3v) is 4.83. The molecular formula is C18H20FN3OS. The average molecular weight is 345 g/mol. The van der Waals surface area contributed by atoms with E-state index in [4.69, 9.17) is 0 Å². The molecule has 0 saturated carbocycles. The van der Waals surface area contributed by atoms with Gasteiger partial charge in [0.15, 0.2) is 0 Å². The highest BCUT2D eigenvalue weighted by atomic mass is 32.1. The van der Waals surface area contributed by atoms with E-state index in [0.29, 0.717) is 0 Å². The minimum atomic E-state index is -0.269. The van der Waals surface area contributed by atoms with E-state index in [0.717, 1.165) is 49.6 Å². The molecule has 1 aliphatic heterocycles. The summed E-state index contributed by atoms with van der Waals surface area (Å²) in [6.07, 6.45) is 1.64. The van der Waals surface area contributed by atoms with Gasteiger partial charge in [0.1, 0.15) is 5.82 Å².